The minimum absolute atomic E-state index is 0.254. The molecular weight excluding hydrogens is 306 g/mol. The van der Waals surface area contributed by atoms with E-state index in [1.165, 1.54) is 23.1 Å². The van der Waals surface area contributed by atoms with Crippen LogP contribution in [-0.2, 0) is 13.0 Å². The molecule has 1 fully saturated rings. The van der Waals surface area contributed by atoms with E-state index in [4.69, 9.17) is 5.73 Å². The second-order valence-electron chi connectivity index (χ2n) is 6.36. The van der Waals surface area contributed by atoms with Gasteiger partial charge in [0.1, 0.15) is 5.84 Å². The molecule has 3 N–H and O–H groups in total. The fourth-order valence-corrected chi connectivity index (χ4v) is 4.44. The number of likely N-dealkylation sites (tertiary alicyclic amines) is 1. The topological polar surface area (TPSA) is 61.8 Å². The molecule has 2 aliphatic heterocycles. The van der Waals surface area contributed by atoms with E-state index in [-0.39, 0.29) is 6.61 Å². The molecule has 1 saturated heterocycles. The number of hydrogen-bond acceptors (Lipinski definition) is 5. The average molecular weight is 327 g/mol. The summed E-state index contributed by atoms with van der Waals surface area (Å²) in [4.78, 5) is 8.09. The summed E-state index contributed by atoms with van der Waals surface area (Å²) in [5, 5.41) is 11.6. The second-order valence-corrected chi connectivity index (χ2v) is 7.28. The Labute approximate surface area is 140 Å². The first-order chi connectivity index (χ1) is 11.2. The summed E-state index contributed by atoms with van der Waals surface area (Å²) < 4.78 is 0. The predicted molar refractivity (Wildman–Crippen MR) is 94.5 cm³/mol. The largest absolute Gasteiger partial charge is 0.395 e. The van der Waals surface area contributed by atoms with Crippen LogP contribution in [-0.4, -0.2) is 35.0 Å². The molecule has 0 spiro atoms. The maximum atomic E-state index is 9.49. The van der Waals surface area contributed by atoms with Crippen LogP contribution in [0.3, 0.4) is 0 Å². The molecule has 1 aromatic heterocycles. The number of aliphatic hydroxyl groups is 1. The Bertz CT molecular complexity index is 752. The van der Waals surface area contributed by atoms with Crippen molar-refractivity contribution in [3.8, 4) is 0 Å². The Morgan fingerprint density at radius 3 is 3.09 bits per heavy atom. The number of aliphatic imine (C=N–C) groups is 1. The molecule has 0 amide bonds. The van der Waals surface area contributed by atoms with Gasteiger partial charge < -0.3 is 10.8 Å². The number of nitrogens with two attached hydrogens (primary N) is 1. The highest BCUT2D eigenvalue weighted by molar-refractivity contribution is 7.12. The van der Waals surface area contributed by atoms with Crippen LogP contribution >= 0.6 is 11.3 Å². The van der Waals surface area contributed by atoms with Crippen LogP contribution in [0, 0.1) is 0 Å². The lowest BCUT2D eigenvalue weighted by Gasteiger charge is -2.23. The lowest BCUT2D eigenvalue weighted by atomic mass is 10.0. The summed E-state index contributed by atoms with van der Waals surface area (Å²) in [5.41, 5.74) is 10.9. The first kappa shape index (κ1) is 14.9. The molecule has 0 radical (unpaired) electrons. The van der Waals surface area contributed by atoms with Crippen LogP contribution in [0.2, 0.25) is 0 Å². The SMILES string of the molecule is NC1=Nc2ccc(CN3CCC[C@@H]3CO)cc2Cc2ccsc21. The number of nitrogens with zero attached hydrogens (tertiary/aromatic N) is 2. The molecule has 3 heterocycles. The van der Waals surface area contributed by atoms with Crippen molar-refractivity contribution in [1.29, 1.82) is 0 Å². The zero-order valence-corrected chi connectivity index (χ0v) is 13.9. The van der Waals surface area contributed by atoms with Crippen molar-refractivity contribution in [3.05, 3.63) is 51.2 Å². The van der Waals surface area contributed by atoms with E-state index in [0.29, 0.717) is 11.9 Å². The van der Waals surface area contributed by atoms with E-state index in [9.17, 15) is 5.11 Å². The Morgan fingerprint density at radius 2 is 2.22 bits per heavy atom. The van der Waals surface area contributed by atoms with Crippen molar-refractivity contribution < 1.29 is 5.11 Å². The van der Waals surface area contributed by atoms with E-state index in [1.807, 2.05) is 0 Å². The van der Waals surface area contributed by atoms with Crippen LogP contribution in [0.25, 0.3) is 0 Å². The lowest BCUT2D eigenvalue weighted by Crippen LogP contribution is -2.31. The lowest BCUT2D eigenvalue weighted by molar-refractivity contribution is 0.153. The van der Waals surface area contributed by atoms with Gasteiger partial charge in [0.25, 0.3) is 0 Å². The van der Waals surface area contributed by atoms with Crippen molar-refractivity contribution in [1.82, 2.24) is 4.90 Å². The van der Waals surface area contributed by atoms with Crippen molar-refractivity contribution >= 4 is 22.9 Å². The quantitative estimate of drug-likeness (QED) is 0.911. The number of fused-ring (bicyclic) bond motifs is 2. The third-order valence-corrected chi connectivity index (χ3v) is 5.82. The van der Waals surface area contributed by atoms with E-state index < -0.39 is 0 Å². The molecule has 23 heavy (non-hydrogen) atoms. The molecule has 2 aromatic rings. The fraction of sp³-hybridized carbons (Fsp3) is 0.389. The predicted octanol–water partition coefficient (Wildman–Crippen LogP) is 2.65. The van der Waals surface area contributed by atoms with Gasteiger partial charge in [0.2, 0.25) is 0 Å². The number of hydrogen-bond donors (Lipinski definition) is 2. The standard InChI is InChI=1S/C18H21N3OS/c19-18-17-13(5-7-23-17)9-14-8-12(3-4-16(14)20-18)10-21-6-1-2-15(21)11-22/h3-5,7-8,15,22H,1-2,6,9-11H2,(H2,19,20)/t15-/m1/s1. The molecule has 0 unspecified atom stereocenters. The van der Waals surface area contributed by atoms with E-state index in [0.717, 1.165) is 36.5 Å². The van der Waals surface area contributed by atoms with Gasteiger partial charge in [-0.1, -0.05) is 12.1 Å². The third-order valence-electron chi connectivity index (χ3n) is 4.84. The maximum absolute atomic E-state index is 9.49. The van der Waals surface area contributed by atoms with Crippen LogP contribution in [0.4, 0.5) is 5.69 Å². The molecule has 0 saturated carbocycles. The minimum atomic E-state index is 0.254. The number of aliphatic hydroxyl groups excluding tert-OH is 1. The Balaban J connectivity index is 1.63. The van der Waals surface area contributed by atoms with Crippen LogP contribution in [0.15, 0.2) is 34.6 Å². The van der Waals surface area contributed by atoms with Gasteiger partial charge in [-0.2, -0.15) is 0 Å². The van der Waals surface area contributed by atoms with Crippen molar-refractivity contribution in [2.45, 2.75) is 31.8 Å². The monoisotopic (exact) mass is 327 g/mol. The van der Waals surface area contributed by atoms with Gasteiger partial charge in [-0.3, -0.25) is 4.90 Å². The molecule has 2 aliphatic rings. The van der Waals surface area contributed by atoms with Crippen molar-refractivity contribution in [2.24, 2.45) is 10.7 Å². The zero-order chi connectivity index (χ0) is 15.8. The summed E-state index contributed by atoms with van der Waals surface area (Å²) in [6, 6.07) is 8.93. The third kappa shape index (κ3) is 2.80. The smallest absolute Gasteiger partial charge is 0.141 e. The van der Waals surface area contributed by atoms with E-state index >= 15 is 0 Å². The summed E-state index contributed by atoms with van der Waals surface area (Å²) in [6.45, 7) is 2.22. The molecule has 1 atom stereocenters. The minimum Gasteiger partial charge on any atom is -0.395 e. The highest BCUT2D eigenvalue weighted by Crippen LogP contribution is 2.31. The second kappa shape index (κ2) is 6.07. The molecular formula is C18H21N3OS. The number of rotatable bonds is 3. The Hall–Kier alpha value is -1.69. The summed E-state index contributed by atoms with van der Waals surface area (Å²) in [7, 11) is 0. The molecule has 4 rings (SSSR count). The van der Waals surface area contributed by atoms with E-state index in [1.54, 1.807) is 11.3 Å². The summed E-state index contributed by atoms with van der Waals surface area (Å²) in [6.07, 6.45) is 3.16. The molecule has 0 aliphatic carbocycles. The molecule has 4 nitrogen and oxygen atoms in total. The summed E-state index contributed by atoms with van der Waals surface area (Å²) in [5.74, 6) is 0.626. The molecule has 120 valence electrons. The molecule has 5 heteroatoms. The van der Waals surface area contributed by atoms with Gasteiger partial charge >= 0.3 is 0 Å². The van der Waals surface area contributed by atoms with Crippen LogP contribution in [0.1, 0.15) is 34.4 Å². The first-order valence-corrected chi connectivity index (χ1v) is 9.00. The molecule has 0 bridgehead atoms. The van der Waals surface area contributed by atoms with Gasteiger partial charge in [0.15, 0.2) is 0 Å². The van der Waals surface area contributed by atoms with Crippen LogP contribution in [0.5, 0.6) is 0 Å². The van der Waals surface area contributed by atoms with Gasteiger partial charge in [-0.15, -0.1) is 11.3 Å². The number of benzene rings is 1. The average Bonchev–Trinajstić information content (AvgIpc) is 3.16. The number of thiophene rings is 1. The first-order valence-electron chi connectivity index (χ1n) is 8.12. The fourth-order valence-electron chi connectivity index (χ4n) is 3.62. The van der Waals surface area contributed by atoms with Gasteiger partial charge in [-0.25, -0.2) is 4.99 Å². The maximum Gasteiger partial charge on any atom is 0.141 e. The molecule has 1 aromatic carbocycles. The zero-order valence-electron chi connectivity index (χ0n) is 13.0. The van der Waals surface area contributed by atoms with E-state index in [2.05, 4.69) is 39.5 Å². The Kier molecular flexibility index (Phi) is 3.93. The highest BCUT2D eigenvalue weighted by atomic mass is 32.1. The normalized spacial score (nSPS) is 20.7. The van der Waals surface area contributed by atoms with Crippen molar-refractivity contribution in [3.63, 3.8) is 0 Å². The van der Waals surface area contributed by atoms with Crippen LogP contribution < -0.4 is 5.73 Å². The van der Waals surface area contributed by atoms with Gasteiger partial charge in [-0.05, 0) is 53.6 Å². The van der Waals surface area contributed by atoms with Crippen molar-refractivity contribution in [2.75, 3.05) is 13.2 Å². The number of amidine groups is 1. The highest BCUT2D eigenvalue weighted by Gasteiger charge is 2.24. The van der Waals surface area contributed by atoms with Gasteiger partial charge in [0, 0.05) is 19.0 Å². The summed E-state index contributed by atoms with van der Waals surface area (Å²) >= 11 is 1.66. The van der Waals surface area contributed by atoms with Gasteiger partial charge in [0.05, 0.1) is 17.2 Å². The Morgan fingerprint density at radius 1 is 1.30 bits per heavy atom.